The molecular weight excluding hydrogens is 520 g/mol. The zero-order chi connectivity index (χ0) is 28.3. The molecule has 2 aromatic heterocycles. The predicted molar refractivity (Wildman–Crippen MR) is 150 cm³/mol. The predicted octanol–water partition coefficient (Wildman–Crippen LogP) is 2.54. The number of sulfonamides is 1. The zero-order valence-electron chi connectivity index (χ0n) is 23.4. The molecule has 2 unspecified atom stereocenters. The lowest BCUT2D eigenvalue weighted by Crippen LogP contribution is -2.55. The minimum Gasteiger partial charge on any atom is -0.491 e. The fourth-order valence-electron chi connectivity index (χ4n) is 5.02. The van der Waals surface area contributed by atoms with Crippen LogP contribution in [0.25, 0.3) is 22.6 Å². The van der Waals surface area contributed by atoms with Gasteiger partial charge < -0.3 is 24.6 Å². The number of aliphatic hydroxyl groups excluding tert-OH is 1. The molecule has 3 heterocycles. The number of rotatable bonds is 10. The Morgan fingerprint density at radius 3 is 2.64 bits per heavy atom. The minimum atomic E-state index is -3.31. The number of aryl methyl sites for hydroxylation is 2. The maximum atomic E-state index is 12.4. The van der Waals surface area contributed by atoms with Crippen molar-refractivity contribution in [1.29, 1.82) is 0 Å². The highest BCUT2D eigenvalue weighted by Crippen LogP contribution is 2.36. The van der Waals surface area contributed by atoms with Crippen molar-refractivity contribution in [3.05, 3.63) is 41.3 Å². The van der Waals surface area contributed by atoms with Gasteiger partial charge >= 0.3 is 0 Å². The Hall–Kier alpha value is -3.06. The minimum absolute atomic E-state index is 0.150. The fourth-order valence-corrected chi connectivity index (χ4v) is 6.19. The summed E-state index contributed by atoms with van der Waals surface area (Å²) in [5, 5.41) is 17.1. The Morgan fingerprint density at radius 2 is 2.00 bits per heavy atom. The highest BCUT2D eigenvalue weighted by Gasteiger charge is 2.33. The molecule has 0 saturated carbocycles. The number of nitrogens with one attached hydrogen (secondary N) is 1. The molecule has 0 amide bonds. The van der Waals surface area contributed by atoms with Gasteiger partial charge in [-0.15, -0.1) is 0 Å². The normalized spacial score (nSPS) is 17.4. The van der Waals surface area contributed by atoms with Gasteiger partial charge in [-0.25, -0.2) is 18.4 Å². The summed E-state index contributed by atoms with van der Waals surface area (Å²) in [6, 6.07) is 7.31. The number of anilines is 1. The molecule has 11 nitrogen and oxygen atoms in total. The van der Waals surface area contributed by atoms with E-state index >= 15 is 0 Å². The number of hydrogen-bond donors (Lipinski definition) is 2. The first-order valence-corrected chi connectivity index (χ1v) is 15.0. The second kappa shape index (κ2) is 12.0. The molecule has 3 aromatic rings. The summed E-state index contributed by atoms with van der Waals surface area (Å²) in [5.41, 5.74) is 3.91. The van der Waals surface area contributed by atoms with Gasteiger partial charge in [0.2, 0.25) is 10.0 Å². The SMILES string of the molecule is CCC1CN(c2nc(-c3cccc(OCC(O)CNC)c3)nc(-c3c(C)noc3C)c2C)CCN1S(C)(=O)=O. The van der Waals surface area contributed by atoms with Gasteiger partial charge in [0, 0.05) is 43.3 Å². The molecule has 1 aliphatic rings. The molecule has 1 aromatic carbocycles. The third kappa shape index (κ3) is 6.40. The monoisotopic (exact) mass is 558 g/mol. The number of piperazine rings is 1. The fraction of sp³-hybridized carbons (Fsp3) is 0.519. The number of ether oxygens (including phenoxy) is 1. The van der Waals surface area contributed by atoms with E-state index in [2.05, 4.69) is 15.4 Å². The van der Waals surface area contributed by atoms with Crippen LogP contribution in [-0.2, 0) is 10.0 Å². The van der Waals surface area contributed by atoms with Gasteiger partial charge in [-0.2, -0.15) is 4.31 Å². The van der Waals surface area contributed by atoms with Crippen LogP contribution in [0.1, 0.15) is 30.4 Å². The maximum absolute atomic E-state index is 12.4. The molecule has 2 atom stereocenters. The van der Waals surface area contributed by atoms with Gasteiger partial charge in [0.1, 0.15) is 30.0 Å². The maximum Gasteiger partial charge on any atom is 0.211 e. The van der Waals surface area contributed by atoms with Crippen molar-refractivity contribution in [2.75, 3.05) is 51.0 Å². The summed E-state index contributed by atoms with van der Waals surface area (Å²) in [4.78, 5) is 12.1. The highest BCUT2D eigenvalue weighted by molar-refractivity contribution is 7.88. The van der Waals surface area contributed by atoms with Crippen molar-refractivity contribution in [2.45, 2.75) is 46.3 Å². The van der Waals surface area contributed by atoms with E-state index in [1.54, 1.807) is 11.4 Å². The molecule has 0 radical (unpaired) electrons. The van der Waals surface area contributed by atoms with Gasteiger partial charge in [-0.1, -0.05) is 24.2 Å². The van der Waals surface area contributed by atoms with E-state index in [4.69, 9.17) is 19.2 Å². The van der Waals surface area contributed by atoms with Crippen LogP contribution < -0.4 is 15.0 Å². The molecule has 0 bridgehead atoms. The largest absolute Gasteiger partial charge is 0.491 e. The number of likely N-dealkylation sites (N-methyl/N-ethyl adjacent to an activating group) is 1. The van der Waals surface area contributed by atoms with Crippen LogP contribution >= 0.6 is 0 Å². The van der Waals surface area contributed by atoms with Gasteiger partial charge in [0.15, 0.2) is 5.82 Å². The van der Waals surface area contributed by atoms with Crippen LogP contribution in [0.15, 0.2) is 28.8 Å². The summed E-state index contributed by atoms with van der Waals surface area (Å²) < 4.78 is 37.6. The van der Waals surface area contributed by atoms with E-state index < -0.39 is 16.1 Å². The van der Waals surface area contributed by atoms with E-state index in [1.807, 2.05) is 52.0 Å². The molecule has 1 fully saturated rings. The number of benzene rings is 1. The van der Waals surface area contributed by atoms with Crippen molar-refractivity contribution in [1.82, 2.24) is 24.7 Å². The van der Waals surface area contributed by atoms with Gasteiger partial charge in [0.05, 0.1) is 23.2 Å². The van der Waals surface area contributed by atoms with Crippen LogP contribution in [0.3, 0.4) is 0 Å². The Labute approximate surface area is 230 Å². The molecule has 1 aliphatic heterocycles. The second-order valence-electron chi connectivity index (χ2n) is 9.98. The molecule has 0 spiro atoms. The lowest BCUT2D eigenvalue weighted by Gasteiger charge is -2.40. The van der Waals surface area contributed by atoms with Crippen LogP contribution in [-0.4, -0.2) is 91.2 Å². The lowest BCUT2D eigenvalue weighted by atomic mass is 10.0. The first kappa shape index (κ1) is 28.9. The van der Waals surface area contributed by atoms with Gasteiger partial charge in [0.25, 0.3) is 0 Å². The zero-order valence-corrected chi connectivity index (χ0v) is 24.2. The standard InChI is InChI=1S/C27H38N6O5S/c1-7-21-15-32(11-12-33(21)39(6,35)36)27-17(2)25(24-18(3)31-38-19(24)4)29-26(30-27)20-9-8-10-23(13-20)37-16-22(34)14-28-5/h8-10,13,21-22,28,34H,7,11-12,14-16H2,1-6H3. The highest BCUT2D eigenvalue weighted by atomic mass is 32.2. The molecule has 1 saturated heterocycles. The molecule has 2 N–H and O–H groups in total. The average molecular weight is 559 g/mol. The van der Waals surface area contributed by atoms with Crippen molar-refractivity contribution < 1.29 is 22.8 Å². The quantitative estimate of drug-likeness (QED) is 0.382. The number of hydrogen-bond acceptors (Lipinski definition) is 10. The second-order valence-corrected chi connectivity index (χ2v) is 11.9. The number of nitrogens with zero attached hydrogens (tertiary/aromatic N) is 5. The van der Waals surface area contributed by atoms with E-state index in [9.17, 15) is 13.5 Å². The summed E-state index contributed by atoms with van der Waals surface area (Å²) >= 11 is 0. The average Bonchev–Trinajstić information content (AvgIpc) is 3.24. The van der Waals surface area contributed by atoms with Crippen LogP contribution in [0, 0.1) is 20.8 Å². The lowest BCUT2D eigenvalue weighted by molar-refractivity contribution is 0.108. The van der Waals surface area contributed by atoms with E-state index in [0.717, 1.165) is 33.9 Å². The Balaban J connectivity index is 1.77. The van der Waals surface area contributed by atoms with Crippen molar-refractivity contribution in [3.63, 3.8) is 0 Å². The molecule has 4 rings (SSSR count). The first-order valence-electron chi connectivity index (χ1n) is 13.1. The van der Waals surface area contributed by atoms with E-state index in [1.165, 1.54) is 6.26 Å². The Morgan fingerprint density at radius 1 is 1.23 bits per heavy atom. The first-order chi connectivity index (χ1) is 18.5. The number of aliphatic hydroxyl groups is 1. The van der Waals surface area contributed by atoms with Crippen LogP contribution in [0.4, 0.5) is 5.82 Å². The molecule has 212 valence electrons. The van der Waals surface area contributed by atoms with E-state index in [0.29, 0.717) is 49.9 Å². The Kier molecular flexibility index (Phi) is 8.90. The smallest absolute Gasteiger partial charge is 0.211 e. The van der Waals surface area contributed by atoms with Crippen molar-refractivity contribution in [2.24, 2.45) is 0 Å². The third-order valence-corrected chi connectivity index (χ3v) is 8.32. The van der Waals surface area contributed by atoms with Gasteiger partial charge in [-0.05, 0) is 46.4 Å². The summed E-state index contributed by atoms with van der Waals surface area (Å²) in [7, 11) is -1.54. The van der Waals surface area contributed by atoms with Crippen LogP contribution in [0.2, 0.25) is 0 Å². The molecule has 0 aliphatic carbocycles. The molecule has 39 heavy (non-hydrogen) atoms. The topological polar surface area (TPSA) is 134 Å². The number of aromatic nitrogens is 3. The third-order valence-electron chi connectivity index (χ3n) is 6.99. The van der Waals surface area contributed by atoms with Crippen molar-refractivity contribution in [3.8, 4) is 28.4 Å². The van der Waals surface area contributed by atoms with Crippen molar-refractivity contribution >= 4 is 15.8 Å². The van der Waals surface area contributed by atoms with Crippen LogP contribution in [0.5, 0.6) is 5.75 Å². The summed E-state index contributed by atoms with van der Waals surface area (Å²) in [6.07, 6.45) is 1.32. The van der Waals surface area contributed by atoms with Gasteiger partial charge in [-0.3, -0.25) is 0 Å². The molecule has 12 heteroatoms. The summed E-state index contributed by atoms with van der Waals surface area (Å²) in [5.74, 6) is 2.51. The molecular formula is C27H38N6O5S. The summed E-state index contributed by atoms with van der Waals surface area (Å²) in [6.45, 7) is 9.71. The van der Waals surface area contributed by atoms with E-state index in [-0.39, 0.29) is 12.6 Å². The Bertz CT molecular complexity index is 1390.